The first-order valence-electron chi connectivity index (χ1n) is 9.41. The van der Waals surface area contributed by atoms with Crippen LogP contribution in [-0.2, 0) is 4.79 Å². The van der Waals surface area contributed by atoms with Crippen LogP contribution in [0, 0.1) is 18.8 Å². The van der Waals surface area contributed by atoms with Crippen LogP contribution >= 0.6 is 0 Å². The lowest BCUT2D eigenvalue weighted by molar-refractivity contribution is -0.141. The quantitative estimate of drug-likeness (QED) is 0.759. The van der Waals surface area contributed by atoms with Gasteiger partial charge in [0.05, 0.1) is 6.10 Å². The molecule has 0 amide bonds. The Morgan fingerprint density at radius 1 is 1.12 bits per heavy atom. The molecule has 6 heteroatoms. The van der Waals surface area contributed by atoms with Crippen molar-refractivity contribution < 1.29 is 24.5 Å². The second-order valence-electron chi connectivity index (χ2n) is 6.91. The molecule has 1 aromatic carbocycles. The van der Waals surface area contributed by atoms with Gasteiger partial charge in [0, 0.05) is 0 Å². The predicted molar refractivity (Wildman–Crippen MR) is 98.8 cm³/mol. The third-order valence-electron chi connectivity index (χ3n) is 5.22. The van der Waals surface area contributed by atoms with Gasteiger partial charge in [-0.2, -0.15) is 0 Å². The van der Waals surface area contributed by atoms with Gasteiger partial charge in [0.15, 0.2) is 0 Å². The largest absolute Gasteiger partial charge is 0.490 e. The highest BCUT2D eigenvalue weighted by atomic mass is 16.5. The van der Waals surface area contributed by atoms with Gasteiger partial charge < -0.3 is 20.3 Å². The average Bonchev–Trinajstić information content (AvgIpc) is 2.62. The van der Waals surface area contributed by atoms with Crippen molar-refractivity contribution in [3.8, 4) is 5.75 Å². The van der Waals surface area contributed by atoms with Crippen LogP contribution in [0.3, 0.4) is 0 Å². The van der Waals surface area contributed by atoms with Gasteiger partial charge in [-0.15, -0.1) is 0 Å². The van der Waals surface area contributed by atoms with Crippen molar-refractivity contribution in [3.63, 3.8) is 0 Å². The Bertz CT molecular complexity index is 645. The molecule has 0 spiro atoms. The fraction of sp³-hybridized carbons (Fsp3) is 0.600. The van der Waals surface area contributed by atoms with E-state index in [1.54, 1.807) is 18.2 Å². The summed E-state index contributed by atoms with van der Waals surface area (Å²) < 4.78 is 6.02. The molecule has 0 aromatic heterocycles. The zero-order chi connectivity index (χ0) is 19.3. The second-order valence-corrected chi connectivity index (χ2v) is 6.91. The second kappa shape index (κ2) is 9.03. The maximum absolute atomic E-state index is 11.4. The number of benzene rings is 1. The summed E-state index contributed by atoms with van der Waals surface area (Å²) in [7, 11) is 0. The van der Waals surface area contributed by atoms with E-state index in [0.29, 0.717) is 24.0 Å². The summed E-state index contributed by atoms with van der Waals surface area (Å²) in [6.07, 6.45) is 3.18. The summed E-state index contributed by atoms with van der Waals surface area (Å²) in [6.45, 7) is 6.64. The number of hydrogen-bond donors (Lipinski definition) is 3. The molecule has 0 radical (unpaired) electrons. The first kappa shape index (κ1) is 20.2. The lowest BCUT2D eigenvalue weighted by atomic mass is 9.72. The van der Waals surface area contributed by atoms with Crippen LogP contribution in [0.2, 0.25) is 0 Å². The maximum atomic E-state index is 11.4. The molecule has 1 saturated heterocycles. The molecule has 1 heterocycles. The summed E-state index contributed by atoms with van der Waals surface area (Å²) >= 11 is 0. The number of aromatic carboxylic acids is 1. The molecule has 4 atom stereocenters. The Morgan fingerprint density at radius 2 is 1.85 bits per heavy atom. The molecule has 2 fully saturated rings. The normalized spacial score (nSPS) is 27.5. The zero-order valence-corrected chi connectivity index (χ0v) is 15.7. The highest BCUT2D eigenvalue weighted by Gasteiger charge is 2.38. The van der Waals surface area contributed by atoms with Crippen molar-refractivity contribution in [2.75, 3.05) is 6.54 Å². The molecule has 0 unspecified atom stereocenters. The predicted octanol–water partition coefficient (Wildman–Crippen LogP) is 3.33. The molecule has 3 N–H and O–H groups in total. The Balaban J connectivity index is 0.00000117. The first-order chi connectivity index (χ1) is 12.4. The van der Waals surface area contributed by atoms with E-state index in [1.165, 1.54) is 0 Å². The third-order valence-corrected chi connectivity index (χ3v) is 5.22. The molecule has 144 valence electrons. The van der Waals surface area contributed by atoms with E-state index in [1.807, 2.05) is 20.8 Å². The fourth-order valence-corrected chi connectivity index (χ4v) is 3.90. The maximum Gasteiger partial charge on any atom is 0.339 e. The van der Waals surface area contributed by atoms with E-state index < -0.39 is 18.0 Å². The van der Waals surface area contributed by atoms with Crippen molar-refractivity contribution in [3.05, 3.63) is 29.3 Å². The third kappa shape index (κ3) is 4.75. The topological polar surface area (TPSA) is 95.9 Å². The molecule has 1 aliphatic carbocycles. The smallest absolute Gasteiger partial charge is 0.339 e. The average molecular weight is 363 g/mol. The number of rotatable bonds is 4. The standard InChI is InChI=1S/C18H23NO5.C2H6/c1-10-2-5-14(17(20)21)16(6-10)24-13-4-3-11-9-19-15(18(22)23)8-12(11)7-13;1-2/h2,5-6,11-13,15,19H,3-4,7-9H2,1H3,(H,20,21)(H,22,23);1-2H3/t11-,12+,13-,15-;/m0./s1. The highest BCUT2D eigenvalue weighted by molar-refractivity contribution is 5.91. The van der Waals surface area contributed by atoms with Gasteiger partial charge in [-0.05, 0) is 68.7 Å². The number of piperidine rings is 1. The highest BCUT2D eigenvalue weighted by Crippen LogP contribution is 2.37. The van der Waals surface area contributed by atoms with Gasteiger partial charge in [0.1, 0.15) is 17.4 Å². The van der Waals surface area contributed by atoms with Gasteiger partial charge in [-0.3, -0.25) is 4.79 Å². The molecule has 2 aliphatic rings. The van der Waals surface area contributed by atoms with Crippen molar-refractivity contribution in [1.82, 2.24) is 5.32 Å². The Morgan fingerprint density at radius 3 is 2.50 bits per heavy atom. The van der Waals surface area contributed by atoms with Crippen molar-refractivity contribution in [1.29, 1.82) is 0 Å². The van der Waals surface area contributed by atoms with Gasteiger partial charge in [0.2, 0.25) is 0 Å². The Kier molecular flexibility index (Phi) is 7.03. The molecule has 6 nitrogen and oxygen atoms in total. The minimum Gasteiger partial charge on any atom is -0.490 e. The van der Waals surface area contributed by atoms with Crippen molar-refractivity contribution in [2.45, 2.75) is 58.6 Å². The Labute approximate surface area is 154 Å². The van der Waals surface area contributed by atoms with Gasteiger partial charge in [-0.1, -0.05) is 19.9 Å². The molecular weight excluding hydrogens is 334 g/mol. The summed E-state index contributed by atoms with van der Waals surface area (Å²) in [5, 5.41) is 21.6. The van der Waals surface area contributed by atoms with Crippen LogP contribution in [0.5, 0.6) is 5.75 Å². The number of nitrogens with one attached hydrogen (secondary N) is 1. The number of aliphatic carboxylic acids is 1. The number of hydrogen-bond acceptors (Lipinski definition) is 4. The van der Waals surface area contributed by atoms with E-state index >= 15 is 0 Å². The van der Waals surface area contributed by atoms with Crippen LogP contribution in [0.15, 0.2) is 18.2 Å². The van der Waals surface area contributed by atoms with Crippen LogP contribution in [0.1, 0.15) is 55.5 Å². The van der Waals surface area contributed by atoms with Gasteiger partial charge in [-0.25, -0.2) is 4.79 Å². The van der Waals surface area contributed by atoms with Gasteiger partial charge in [0.25, 0.3) is 0 Å². The van der Waals surface area contributed by atoms with Crippen LogP contribution in [0.25, 0.3) is 0 Å². The van der Waals surface area contributed by atoms with Crippen LogP contribution in [-0.4, -0.2) is 40.8 Å². The van der Waals surface area contributed by atoms with E-state index in [2.05, 4.69) is 5.32 Å². The summed E-state index contributed by atoms with van der Waals surface area (Å²) in [4.78, 5) is 22.6. The summed E-state index contributed by atoms with van der Waals surface area (Å²) in [5.41, 5.74) is 1.13. The van der Waals surface area contributed by atoms with Crippen molar-refractivity contribution >= 4 is 11.9 Å². The molecule has 1 aromatic rings. The molecule has 0 bridgehead atoms. The number of carbonyl (C=O) groups is 2. The molecule has 1 aliphatic heterocycles. The van der Waals surface area contributed by atoms with E-state index in [0.717, 1.165) is 31.4 Å². The van der Waals surface area contributed by atoms with Gasteiger partial charge >= 0.3 is 11.9 Å². The SMILES string of the molecule is CC.Cc1ccc(C(=O)O)c(O[C@H]2CC[C@H]3CN[C@H](C(=O)O)C[C@H]3C2)c1. The zero-order valence-electron chi connectivity index (χ0n) is 15.7. The number of aryl methyl sites for hydroxylation is 1. The number of fused-ring (bicyclic) bond motifs is 1. The fourth-order valence-electron chi connectivity index (χ4n) is 3.90. The van der Waals surface area contributed by atoms with E-state index in [-0.39, 0.29) is 11.7 Å². The summed E-state index contributed by atoms with van der Waals surface area (Å²) in [6, 6.07) is 4.61. The van der Waals surface area contributed by atoms with E-state index in [9.17, 15) is 19.8 Å². The summed E-state index contributed by atoms with van der Waals surface area (Å²) in [5.74, 6) is -0.592. The number of carboxylic acids is 2. The molecular formula is C20H29NO5. The molecule has 26 heavy (non-hydrogen) atoms. The minimum atomic E-state index is -0.994. The molecule has 3 rings (SSSR count). The number of carboxylic acid groups (broad SMARTS) is 2. The Hall–Kier alpha value is -2.08. The molecule has 1 saturated carbocycles. The lowest BCUT2D eigenvalue weighted by Crippen LogP contribution is -2.50. The van der Waals surface area contributed by atoms with Crippen LogP contribution < -0.4 is 10.1 Å². The lowest BCUT2D eigenvalue weighted by Gasteiger charge is -2.41. The monoisotopic (exact) mass is 363 g/mol. The van der Waals surface area contributed by atoms with Crippen molar-refractivity contribution in [2.24, 2.45) is 11.8 Å². The first-order valence-corrected chi connectivity index (χ1v) is 9.41. The van der Waals surface area contributed by atoms with E-state index in [4.69, 9.17) is 4.74 Å². The number of ether oxygens (including phenoxy) is 1. The van der Waals surface area contributed by atoms with Crippen LogP contribution in [0.4, 0.5) is 0 Å². The minimum absolute atomic E-state index is 0.0568.